The predicted molar refractivity (Wildman–Crippen MR) is 58.3 cm³/mol. The maximum atomic E-state index is 11.1. The molecular formula is C9H11BN2O2. The number of anilines is 2. The molecule has 0 radical (unpaired) electrons. The summed E-state index contributed by atoms with van der Waals surface area (Å²) < 4.78 is 4.57. The molecule has 4 nitrogen and oxygen atoms in total. The SMILES string of the molecule is B=COC(=O)Cc1ccc(N)cc1N. The van der Waals surface area contributed by atoms with Crippen molar-refractivity contribution in [2.24, 2.45) is 0 Å². The van der Waals surface area contributed by atoms with Crippen molar-refractivity contribution in [2.75, 3.05) is 11.5 Å². The molecule has 0 spiro atoms. The van der Waals surface area contributed by atoms with Crippen LogP contribution >= 0.6 is 0 Å². The van der Waals surface area contributed by atoms with E-state index in [0.717, 1.165) is 6.15 Å². The molecule has 1 aromatic rings. The van der Waals surface area contributed by atoms with Crippen LogP contribution in [0.2, 0.25) is 0 Å². The van der Waals surface area contributed by atoms with E-state index >= 15 is 0 Å². The van der Waals surface area contributed by atoms with E-state index in [1.165, 1.54) is 0 Å². The minimum absolute atomic E-state index is 0.123. The van der Waals surface area contributed by atoms with Crippen molar-refractivity contribution in [2.45, 2.75) is 6.42 Å². The Kier molecular flexibility index (Phi) is 3.28. The summed E-state index contributed by atoms with van der Waals surface area (Å²) in [5.41, 5.74) is 12.9. The first-order chi connectivity index (χ1) is 6.63. The fourth-order valence-electron chi connectivity index (χ4n) is 1.06. The van der Waals surface area contributed by atoms with Crippen molar-refractivity contribution < 1.29 is 9.53 Å². The first-order valence-electron chi connectivity index (χ1n) is 4.07. The number of nitrogens with two attached hydrogens (primary N) is 2. The third kappa shape index (κ3) is 2.62. The molecule has 0 aliphatic rings. The Morgan fingerprint density at radius 1 is 1.50 bits per heavy atom. The van der Waals surface area contributed by atoms with Gasteiger partial charge in [-0.2, -0.15) is 0 Å². The van der Waals surface area contributed by atoms with Crippen LogP contribution in [0.25, 0.3) is 0 Å². The second-order valence-electron chi connectivity index (χ2n) is 2.79. The number of carbonyl (C=O) groups excluding carboxylic acids is 1. The average Bonchev–Trinajstić information content (AvgIpc) is 2.10. The van der Waals surface area contributed by atoms with E-state index in [9.17, 15) is 4.79 Å². The molecule has 0 unspecified atom stereocenters. The van der Waals surface area contributed by atoms with Crippen LogP contribution in [-0.2, 0) is 16.0 Å². The Morgan fingerprint density at radius 3 is 2.79 bits per heavy atom. The molecule has 0 fully saturated rings. The first-order valence-corrected chi connectivity index (χ1v) is 4.07. The molecule has 0 aliphatic carbocycles. The summed E-state index contributed by atoms with van der Waals surface area (Å²) in [5, 5.41) is 0. The number of carbonyl (C=O) groups is 1. The molecule has 0 heterocycles. The summed E-state index contributed by atoms with van der Waals surface area (Å²) in [4.78, 5) is 11.1. The Morgan fingerprint density at radius 2 is 2.21 bits per heavy atom. The van der Waals surface area contributed by atoms with Crippen LogP contribution in [0.3, 0.4) is 0 Å². The Labute approximate surface area is 82.9 Å². The van der Waals surface area contributed by atoms with Gasteiger partial charge in [0.25, 0.3) is 0 Å². The zero-order valence-electron chi connectivity index (χ0n) is 7.69. The van der Waals surface area contributed by atoms with Crippen molar-refractivity contribution >= 4 is 31.0 Å². The molecule has 5 heteroatoms. The van der Waals surface area contributed by atoms with Crippen molar-refractivity contribution in [3.05, 3.63) is 23.8 Å². The standard InChI is InChI=1S/C9H11BN2O2/c10-5-14-9(13)3-6-1-2-7(11)4-8(6)12/h1-2,4-5,10H,3,11-12H2. The molecule has 1 rings (SSSR count). The Bertz CT molecular complexity index is 366. The van der Waals surface area contributed by atoms with Gasteiger partial charge in [0, 0.05) is 0 Å². The summed E-state index contributed by atoms with van der Waals surface area (Å²) in [5.74, 6) is -0.392. The first kappa shape index (κ1) is 10.3. The van der Waals surface area contributed by atoms with Crippen LogP contribution in [0.5, 0.6) is 0 Å². The summed E-state index contributed by atoms with van der Waals surface area (Å²) in [7, 11) is 3.28. The van der Waals surface area contributed by atoms with Gasteiger partial charge in [-0.3, -0.25) is 0 Å². The van der Waals surface area contributed by atoms with E-state index in [-0.39, 0.29) is 6.42 Å². The van der Waals surface area contributed by atoms with E-state index in [1.807, 2.05) is 0 Å². The molecular weight excluding hydrogens is 179 g/mol. The third-order valence-corrected chi connectivity index (χ3v) is 1.72. The normalized spacial score (nSPS) is 9.36. The van der Waals surface area contributed by atoms with Gasteiger partial charge in [-0.25, -0.2) is 0 Å². The predicted octanol–water partition coefficient (Wildman–Crippen LogP) is -0.403. The topological polar surface area (TPSA) is 78.3 Å². The van der Waals surface area contributed by atoms with Crippen LogP contribution in [0.15, 0.2) is 18.2 Å². The van der Waals surface area contributed by atoms with E-state index in [0.29, 0.717) is 16.9 Å². The molecule has 72 valence electrons. The summed E-state index contributed by atoms with van der Waals surface area (Å²) in [6.07, 6.45) is 1.22. The van der Waals surface area contributed by atoms with Crippen LogP contribution < -0.4 is 11.5 Å². The van der Waals surface area contributed by atoms with Gasteiger partial charge in [0.15, 0.2) is 0 Å². The van der Waals surface area contributed by atoms with Gasteiger partial charge in [-0.15, -0.1) is 0 Å². The number of hydrogen-bond acceptors (Lipinski definition) is 4. The van der Waals surface area contributed by atoms with E-state index in [1.54, 1.807) is 18.2 Å². The van der Waals surface area contributed by atoms with Crippen molar-refractivity contribution in [1.29, 1.82) is 0 Å². The summed E-state index contributed by atoms with van der Waals surface area (Å²) in [6, 6.07) is 5.00. The van der Waals surface area contributed by atoms with Gasteiger partial charge < -0.3 is 0 Å². The minimum atomic E-state index is -0.392. The molecule has 0 aliphatic heterocycles. The molecule has 0 saturated heterocycles. The second kappa shape index (κ2) is 4.46. The van der Waals surface area contributed by atoms with E-state index < -0.39 is 5.97 Å². The van der Waals surface area contributed by atoms with Crippen LogP contribution in [0, 0.1) is 0 Å². The average molecular weight is 190 g/mol. The number of nitrogen functional groups attached to an aromatic ring is 2. The number of esters is 1. The fourth-order valence-corrected chi connectivity index (χ4v) is 1.06. The maximum absolute atomic E-state index is 11.1. The van der Waals surface area contributed by atoms with E-state index in [4.69, 9.17) is 11.5 Å². The summed E-state index contributed by atoms with van der Waals surface area (Å²) >= 11 is 0. The van der Waals surface area contributed by atoms with E-state index in [2.05, 4.69) is 12.2 Å². The number of benzene rings is 1. The molecule has 0 bridgehead atoms. The van der Waals surface area contributed by atoms with Gasteiger partial charge in [-0.05, 0) is 0 Å². The number of rotatable bonds is 3. The van der Waals surface area contributed by atoms with Gasteiger partial charge in [0.2, 0.25) is 0 Å². The molecule has 0 aromatic heterocycles. The van der Waals surface area contributed by atoms with Gasteiger partial charge in [0.1, 0.15) is 0 Å². The van der Waals surface area contributed by atoms with Gasteiger partial charge >= 0.3 is 82.2 Å². The zero-order valence-corrected chi connectivity index (χ0v) is 7.69. The van der Waals surface area contributed by atoms with Crippen molar-refractivity contribution in [3.63, 3.8) is 0 Å². The molecule has 0 amide bonds. The fraction of sp³-hybridized carbons (Fsp3) is 0.111. The van der Waals surface area contributed by atoms with Crippen LogP contribution in [-0.4, -0.2) is 19.6 Å². The van der Waals surface area contributed by atoms with Crippen molar-refractivity contribution in [1.82, 2.24) is 0 Å². The quantitative estimate of drug-likeness (QED) is 0.386. The molecule has 1 aromatic carbocycles. The molecule has 0 atom stereocenters. The third-order valence-electron chi connectivity index (χ3n) is 1.72. The second-order valence-corrected chi connectivity index (χ2v) is 2.79. The summed E-state index contributed by atoms with van der Waals surface area (Å²) in [6.45, 7) is 0. The zero-order chi connectivity index (χ0) is 10.6. The van der Waals surface area contributed by atoms with Crippen molar-refractivity contribution in [3.8, 4) is 0 Å². The molecule has 14 heavy (non-hydrogen) atoms. The monoisotopic (exact) mass is 190 g/mol. The molecule has 0 saturated carbocycles. The number of ether oxygens (including phenoxy) is 1. The Balaban J connectivity index is 2.76. The number of hydrogen-bond donors (Lipinski definition) is 2. The molecule has 4 N–H and O–H groups in total. The van der Waals surface area contributed by atoms with Crippen LogP contribution in [0.1, 0.15) is 5.56 Å². The van der Waals surface area contributed by atoms with Crippen LogP contribution in [0.4, 0.5) is 11.4 Å². The van der Waals surface area contributed by atoms with Gasteiger partial charge in [-0.1, -0.05) is 0 Å². The Hall–Kier alpha value is -1.78. The van der Waals surface area contributed by atoms with Gasteiger partial charge in [0.05, 0.1) is 0 Å².